The van der Waals surface area contributed by atoms with Gasteiger partial charge in [-0.25, -0.2) is 9.97 Å². The van der Waals surface area contributed by atoms with Crippen LogP contribution in [0.5, 0.6) is 0 Å². The molecule has 1 N–H and O–H groups in total. The van der Waals surface area contributed by atoms with Crippen molar-refractivity contribution in [1.82, 2.24) is 39.7 Å². The van der Waals surface area contributed by atoms with E-state index in [1.54, 1.807) is 0 Å². The van der Waals surface area contributed by atoms with Crippen LogP contribution in [0.15, 0.2) is 84.9 Å². The van der Waals surface area contributed by atoms with Gasteiger partial charge in [0.15, 0.2) is 0 Å². The van der Waals surface area contributed by atoms with Crippen LogP contribution in [-0.2, 0) is 19.5 Å². The van der Waals surface area contributed by atoms with Gasteiger partial charge in [0.2, 0.25) is 5.82 Å². The maximum absolute atomic E-state index is 5.18. The molecule has 8 nitrogen and oxygen atoms in total. The lowest BCUT2D eigenvalue weighted by molar-refractivity contribution is 0.690. The van der Waals surface area contributed by atoms with Crippen molar-refractivity contribution < 1.29 is 0 Å². The molecular formula is C35H34N8. The van der Waals surface area contributed by atoms with Crippen LogP contribution in [0, 0.1) is 6.92 Å². The van der Waals surface area contributed by atoms with Crippen LogP contribution in [0.1, 0.15) is 43.6 Å². The SMILES string of the molecule is CCCCc1nc2c(C)cc(-c3nc4ccccc4n3CC)cc2n1Cc1ccc(-c2ccccc2-c2nn[nH]n2)cc1. The number of hydrogen-bond donors (Lipinski definition) is 1. The second kappa shape index (κ2) is 11.3. The molecule has 214 valence electrons. The Kier molecular flexibility index (Phi) is 7.02. The second-order valence-electron chi connectivity index (χ2n) is 11.0. The number of tetrazole rings is 1. The van der Waals surface area contributed by atoms with Crippen molar-refractivity contribution in [2.24, 2.45) is 0 Å². The fourth-order valence-corrected chi connectivity index (χ4v) is 6.07. The third-order valence-electron chi connectivity index (χ3n) is 8.23. The molecule has 0 aliphatic rings. The third kappa shape index (κ3) is 4.88. The number of rotatable bonds is 9. The summed E-state index contributed by atoms with van der Waals surface area (Å²) in [7, 11) is 0. The van der Waals surface area contributed by atoms with Gasteiger partial charge < -0.3 is 9.13 Å². The Morgan fingerprint density at radius 2 is 1.56 bits per heavy atom. The Bertz CT molecular complexity index is 2030. The molecule has 0 amide bonds. The van der Waals surface area contributed by atoms with Gasteiger partial charge in [-0.3, -0.25) is 0 Å². The third-order valence-corrected chi connectivity index (χ3v) is 8.23. The van der Waals surface area contributed by atoms with Gasteiger partial charge in [-0.1, -0.05) is 74.0 Å². The van der Waals surface area contributed by atoms with E-state index in [0.717, 1.165) is 88.3 Å². The zero-order chi connectivity index (χ0) is 29.3. The van der Waals surface area contributed by atoms with Gasteiger partial charge in [0.05, 0.1) is 22.1 Å². The van der Waals surface area contributed by atoms with Crippen molar-refractivity contribution >= 4 is 22.1 Å². The number of para-hydroxylation sites is 2. The van der Waals surface area contributed by atoms with Crippen LogP contribution in [0.2, 0.25) is 0 Å². The minimum atomic E-state index is 0.591. The number of benzene rings is 4. The van der Waals surface area contributed by atoms with Crippen LogP contribution in [0.25, 0.3) is 56.0 Å². The minimum Gasteiger partial charge on any atom is -0.324 e. The van der Waals surface area contributed by atoms with Gasteiger partial charge in [-0.15, -0.1) is 10.2 Å². The van der Waals surface area contributed by atoms with E-state index < -0.39 is 0 Å². The number of aryl methyl sites for hydroxylation is 3. The molecule has 4 aromatic carbocycles. The van der Waals surface area contributed by atoms with Crippen molar-refractivity contribution in [1.29, 1.82) is 0 Å². The Morgan fingerprint density at radius 1 is 0.767 bits per heavy atom. The molecule has 3 aromatic heterocycles. The molecule has 3 heterocycles. The number of aromatic nitrogens is 8. The first-order valence-corrected chi connectivity index (χ1v) is 15.0. The molecule has 0 saturated heterocycles. The first kappa shape index (κ1) is 26.8. The fourth-order valence-electron chi connectivity index (χ4n) is 6.07. The van der Waals surface area contributed by atoms with Crippen LogP contribution >= 0.6 is 0 Å². The lowest BCUT2D eigenvalue weighted by Gasteiger charge is -2.12. The van der Waals surface area contributed by atoms with Crippen LogP contribution in [-0.4, -0.2) is 39.7 Å². The summed E-state index contributed by atoms with van der Waals surface area (Å²) < 4.78 is 4.71. The first-order valence-electron chi connectivity index (χ1n) is 15.0. The van der Waals surface area contributed by atoms with Crippen molar-refractivity contribution in [3.8, 4) is 33.9 Å². The minimum absolute atomic E-state index is 0.591. The molecule has 0 bridgehead atoms. The predicted molar refractivity (Wildman–Crippen MR) is 172 cm³/mol. The number of nitrogens with one attached hydrogen (secondary N) is 1. The van der Waals surface area contributed by atoms with E-state index in [0.29, 0.717) is 5.82 Å². The quantitative estimate of drug-likeness (QED) is 0.194. The summed E-state index contributed by atoms with van der Waals surface area (Å²) in [6.07, 6.45) is 3.18. The van der Waals surface area contributed by atoms with Crippen LogP contribution < -0.4 is 0 Å². The zero-order valence-electron chi connectivity index (χ0n) is 24.7. The van der Waals surface area contributed by atoms with E-state index in [4.69, 9.17) is 9.97 Å². The number of unbranched alkanes of at least 4 members (excludes halogenated alkanes) is 1. The highest BCUT2D eigenvalue weighted by molar-refractivity contribution is 5.87. The van der Waals surface area contributed by atoms with E-state index >= 15 is 0 Å². The average Bonchev–Trinajstić information content (AvgIpc) is 3.79. The number of imidazole rings is 2. The topological polar surface area (TPSA) is 90.1 Å². The fraction of sp³-hybridized carbons (Fsp3) is 0.229. The van der Waals surface area contributed by atoms with Crippen molar-refractivity contribution in [3.05, 3.63) is 102 Å². The van der Waals surface area contributed by atoms with Gasteiger partial charge in [0, 0.05) is 30.6 Å². The Labute approximate surface area is 250 Å². The van der Waals surface area contributed by atoms with E-state index in [-0.39, 0.29) is 0 Å². The normalized spacial score (nSPS) is 11.6. The van der Waals surface area contributed by atoms with Crippen LogP contribution in [0.3, 0.4) is 0 Å². The number of nitrogens with zero attached hydrogens (tertiary/aromatic N) is 7. The summed E-state index contributed by atoms with van der Waals surface area (Å²) in [6, 6.07) is 29.9. The van der Waals surface area contributed by atoms with E-state index in [1.807, 2.05) is 18.2 Å². The van der Waals surface area contributed by atoms with Crippen molar-refractivity contribution in [2.75, 3.05) is 0 Å². The average molecular weight is 567 g/mol. The first-order chi connectivity index (χ1) is 21.1. The lowest BCUT2D eigenvalue weighted by atomic mass is 9.98. The Balaban J connectivity index is 1.29. The molecule has 43 heavy (non-hydrogen) atoms. The largest absolute Gasteiger partial charge is 0.324 e. The summed E-state index contributed by atoms with van der Waals surface area (Å²) in [5.41, 5.74) is 11.1. The highest BCUT2D eigenvalue weighted by atomic mass is 15.5. The van der Waals surface area contributed by atoms with Gasteiger partial charge >= 0.3 is 0 Å². The van der Waals surface area contributed by atoms with Crippen molar-refractivity contribution in [2.45, 2.75) is 53.1 Å². The molecular weight excluding hydrogens is 532 g/mol. The standard InChI is InChI=1S/C35H34N8/c1-4-6-15-32-37-33-23(3)20-26(35-36-29-13-9-10-14-30(29)42(35)5-2)21-31(33)43(32)22-24-16-18-25(19-17-24)27-11-7-8-12-28(27)34-38-40-41-39-34/h7-14,16-21H,4-6,15,22H2,1-3H3,(H,38,39,40,41). The zero-order valence-corrected chi connectivity index (χ0v) is 24.7. The highest BCUT2D eigenvalue weighted by Crippen LogP contribution is 2.33. The number of fused-ring (bicyclic) bond motifs is 2. The summed E-state index contributed by atoms with van der Waals surface area (Å²) in [6.45, 7) is 8.18. The monoisotopic (exact) mass is 566 g/mol. The predicted octanol–water partition coefficient (Wildman–Crippen LogP) is 7.62. The molecule has 0 fully saturated rings. The molecule has 0 spiro atoms. The second-order valence-corrected chi connectivity index (χ2v) is 11.0. The van der Waals surface area contributed by atoms with E-state index in [1.165, 1.54) is 11.1 Å². The molecule has 7 aromatic rings. The lowest BCUT2D eigenvalue weighted by Crippen LogP contribution is -2.06. The molecule has 8 heteroatoms. The van der Waals surface area contributed by atoms with Gasteiger partial charge in [0.1, 0.15) is 11.6 Å². The molecule has 0 saturated carbocycles. The van der Waals surface area contributed by atoms with E-state index in [2.05, 4.69) is 117 Å². The smallest absolute Gasteiger partial charge is 0.205 e. The summed E-state index contributed by atoms with van der Waals surface area (Å²) >= 11 is 0. The molecule has 0 aliphatic heterocycles. The summed E-state index contributed by atoms with van der Waals surface area (Å²) in [4.78, 5) is 10.2. The number of hydrogen-bond acceptors (Lipinski definition) is 5. The van der Waals surface area contributed by atoms with Crippen LogP contribution in [0.4, 0.5) is 0 Å². The number of H-pyrrole nitrogens is 1. The Morgan fingerprint density at radius 3 is 2.33 bits per heavy atom. The summed E-state index contributed by atoms with van der Waals surface area (Å²) in [5, 5.41) is 14.7. The van der Waals surface area contributed by atoms with Gasteiger partial charge in [-0.05, 0) is 72.0 Å². The molecule has 0 atom stereocenters. The molecule has 0 radical (unpaired) electrons. The van der Waals surface area contributed by atoms with Gasteiger partial charge in [-0.2, -0.15) is 5.21 Å². The maximum Gasteiger partial charge on any atom is 0.205 e. The van der Waals surface area contributed by atoms with Gasteiger partial charge in [0.25, 0.3) is 0 Å². The molecule has 0 unspecified atom stereocenters. The highest BCUT2D eigenvalue weighted by Gasteiger charge is 2.18. The molecule has 0 aliphatic carbocycles. The summed E-state index contributed by atoms with van der Waals surface area (Å²) in [5.74, 6) is 2.72. The molecule has 7 rings (SSSR count). The Hall–Kier alpha value is -5.11. The maximum atomic E-state index is 5.18. The number of aromatic amines is 1. The van der Waals surface area contributed by atoms with E-state index in [9.17, 15) is 0 Å². The van der Waals surface area contributed by atoms with Crippen molar-refractivity contribution in [3.63, 3.8) is 0 Å².